The third-order valence-corrected chi connectivity index (χ3v) is 6.21. The molecule has 0 radical (unpaired) electrons. The fourth-order valence-corrected chi connectivity index (χ4v) is 4.60. The van der Waals surface area contributed by atoms with E-state index in [9.17, 15) is 0 Å². The molecule has 0 saturated heterocycles. The van der Waals surface area contributed by atoms with Gasteiger partial charge in [-0.3, -0.25) is 4.98 Å². The lowest BCUT2D eigenvalue weighted by molar-refractivity contribution is 0.558. The first-order valence-electron chi connectivity index (χ1n) is 8.57. The molecule has 1 aromatic heterocycles. The minimum Gasteiger partial charge on any atom is -0.257 e. The van der Waals surface area contributed by atoms with Crippen LogP contribution in [0, 0.1) is 12.8 Å². The number of aromatic nitrogens is 1. The van der Waals surface area contributed by atoms with E-state index in [0.29, 0.717) is 28.3 Å². The lowest BCUT2D eigenvalue weighted by atomic mass is 9.79. The Balaban J connectivity index is 2.76. The summed E-state index contributed by atoms with van der Waals surface area (Å²) in [6.45, 7) is 18.4. The molecule has 1 aromatic rings. The van der Waals surface area contributed by atoms with E-state index in [-0.39, 0.29) is 0 Å². The third-order valence-electron chi connectivity index (χ3n) is 4.80. The molecule has 0 bridgehead atoms. The largest absolute Gasteiger partial charge is 0.257 e. The van der Waals surface area contributed by atoms with Crippen LogP contribution in [0.3, 0.4) is 0 Å². The average Bonchev–Trinajstić information content (AvgIpc) is 2.42. The summed E-state index contributed by atoms with van der Waals surface area (Å²) in [5, 5.41) is 1.02. The molecule has 1 unspecified atom stereocenters. The molecular weight excluding hydrogens is 286 g/mol. The van der Waals surface area contributed by atoms with Gasteiger partial charge in [0.1, 0.15) is 0 Å². The van der Waals surface area contributed by atoms with Gasteiger partial charge in [0.15, 0.2) is 0 Å². The number of hydrogen-bond donors (Lipinski definition) is 0. The maximum absolute atomic E-state index is 4.98. The van der Waals surface area contributed by atoms with Crippen LogP contribution in [0.25, 0.3) is 0 Å². The predicted octanol–water partition coefficient (Wildman–Crippen LogP) is 6.40. The maximum Gasteiger partial charge on any atom is 0.0575 e. The smallest absolute Gasteiger partial charge is 0.0575 e. The van der Waals surface area contributed by atoms with Gasteiger partial charge in [0, 0.05) is 22.1 Å². The number of rotatable bonds is 2. The molecule has 1 aliphatic rings. The van der Waals surface area contributed by atoms with Gasteiger partial charge in [-0.05, 0) is 56.7 Å². The fraction of sp³-hybridized carbons (Fsp3) is 0.650. The standard InChI is InChI=1S/C20H31NS/c1-11(2)17-9-13(5)15(7)22-16(8)20-19(17)18(12(3)4)10-14(6)21-20/h9-12,15-17H,1-8H3/b13-9-/t15-,16+,17?/m1/s1. The topological polar surface area (TPSA) is 12.9 Å². The lowest BCUT2D eigenvalue weighted by Crippen LogP contribution is -2.19. The fourth-order valence-electron chi connectivity index (χ4n) is 3.39. The van der Waals surface area contributed by atoms with Crippen molar-refractivity contribution in [2.75, 3.05) is 0 Å². The van der Waals surface area contributed by atoms with Gasteiger partial charge in [-0.25, -0.2) is 0 Å². The van der Waals surface area contributed by atoms with E-state index < -0.39 is 0 Å². The number of hydrogen-bond acceptors (Lipinski definition) is 2. The summed E-state index contributed by atoms with van der Waals surface area (Å²) in [5.74, 6) is 1.61. The summed E-state index contributed by atoms with van der Waals surface area (Å²) in [6, 6.07) is 2.31. The highest BCUT2D eigenvalue weighted by Gasteiger charge is 2.29. The average molecular weight is 318 g/mol. The molecule has 0 fully saturated rings. The highest BCUT2D eigenvalue weighted by molar-refractivity contribution is 8.00. The number of allylic oxidation sites excluding steroid dienone is 1. The van der Waals surface area contributed by atoms with Crippen LogP contribution in [-0.4, -0.2) is 10.2 Å². The van der Waals surface area contributed by atoms with Crippen molar-refractivity contribution in [1.29, 1.82) is 0 Å². The Kier molecular flexibility index (Phi) is 5.42. The number of pyridine rings is 1. The van der Waals surface area contributed by atoms with Crippen molar-refractivity contribution in [3.8, 4) is 0 Å². The van der Waals surface area contributed by atoms with E-state index in [1.807, 2.05) is 11.8 Å². The molecule has 1 aliphatic heterocycles. The first-order chi connectivity index (χ1) is 10.2. The minimum absolute atomic E-state index is 0.451. The Bertz CT molecular complexity index is 571. The molecule has 0 aromatic carbocycles. The van der Waals surface area contributed by atoms with E-state index in [2.05, 4.69) is 67.5 Å². The molecule has 0 spiro atoms. The van der Waals surface area contributed by atoms with Crippen molar-refractivity contribution >= 4 is 11.8 Å². The van der Waals surface area contributed by atoms with Gasteiger partial charge in [0.2, 0.25) is 0 Å². The van der Waals surface area contributed by atoms with E-state index in [0.717, 1.165) is 5.69 Å². The van der Waals surface area contributed by atoms with E-state index >= 15 is 0 Å². The van der Waals surface area contributed by atoms with E-state index in [1.54, 1.807) is 0 Å². The quantitative estimate of drug-likeness (QED) is 0.586. The van der Waals surface area contributed by atoms with Crippen LogP contribution in [0.1, 0.15) is 88.1 Å². The third kappa shape index (κ3) is 3.42. The zero-order chi connectivity index (χ0) is 16.6. The van der Waals surface area contributed by atoms with Crippen LogP contribution >= 0.6 is 11.8 Å². The summed E-state index contributed by atoms with van der Waals surface area (Å²) in [5.41, 5.74) is 6.99. The number of thioether (sulfide) groups is 1. The molecule has 0 saturated carbocycles. The Morgan fingerprint density at radius 3 is 2.23 bits per heavy atom. The molecule has 0 aliphatic carbocycles. The van der Waals surface area contributed by atoms with Crippen molar-refractivity contribution in [2.45, 2.75) is 77.7 Å². The summed E-state index contributed by atoms with van der Waals surface area (Å²) in [7, 11) is 0. The van der Waals surface area contributed by atoms with Gasteiger partial charge in [-0.15, -0.1) is 11.8 Å². The van der Waals surface area contributed by atoms with E-state index in [1.165, 1.54) is 22.4 Å². The second kappa shape index (κ2) is 6.78. The molecule has 1 nitrogen and oxygen atoms in total. The molecule has 122 valence electrons. The van der Waals surface area contributed by atoms with Crippen LogP contribution < -0.4 is 0 Å². The van der Waals surface area contributed by atoms with Gasteiger partial charge >= 0.3 is 0 Å². The van der Waals surface area contributed by atoms with Gasteiger partial charge in [0.05, 0.1) is 5.69 Å². The van der Waals surface area contributed by atoms with Crippen LogP contribution in [-0.2, 0) is 0 Å². The molecule has 22 heavy (non-hydrogen) atoms. The summed E-state index contributed by atoms with van der Waals surface area (Å²) in [6.07, 6.45) is 2.51. The second-order valence-corrected chi connectivity index (χ2v) is 9.09. The monoisotopic (exact) mass is 317 g/mol. The highest BCUT2D eigenvalue weighted by atomic mass is 32.2. The normalized spacial score (nSPS) is 28.1. The molecule has 2 rings (SSSR count). The number of nitrogens with zero attached hydrogens (tertiary/aromatic N) is 1. The predicted molar refractivity (Wildman–Crippen MR) is 99.9 cm³/mol. The molecular formula is C20H31NS. The molecule has 2 heteroatoms. The molecule has 2 heterocycles. The zero-order valence-electron chi connectivity index (χ0n) is 15.4. The number of aryl methyl sites for hydroxylation is 1. The Morgan fingerprint density at radius 2 is 1.68 bits per heavy atom. The number of fused-ring (bicyclic) bond motifs is 1. The van der Waals surface area contributed by atoms with Crippen LogP contribution in [0.15, 0.2) is 17.7 Å². The Labute approximate surface area is 141 Å². The molecule has 3 atom stereocenters. The first kappa shape index (κ1) is 17.6. The van der Waals surface area contributed by atoms with Crippen molar-refractivity contribution < 1.29 is 0 Å². The summed E-state index contributed by atoms with van der Waals surface area (Å²) >= 11 is 2.04. The van der Waals surface area contributed by atoms with Crippen LogP contribution in [0.4, 0.5) is 0 Å². The first-order valence-corrected chi connectivity index (χ1v) is 9.51. The van der Waals surface area contributed by atoms with Crippen LogP contribution in [0.5, 0.6) is 0 Å². The van der Waals surface area contributed by atoms with Crippen molar-refractivity contribution in [2.24, 2.45) is 5.92 Å². The Morgan fingerprint density at radius 1 is 1.05 bits per heavy atom. The summed E-state index contributed by atoms with van der Waals surface area (Å²) < 4.78 is 0. The zero-order valence-corrected chi connectivity index (χ0v) is 16.2. The van der Waals surface area contributed by atoms with Crippen molar-refractivity contribution in [3.63, 3.8) is 0 Å². The summed E-state index contributed by atoms with van der Waals surface area (Å²) in [4.78, 5) is 4.98. The van der Waals surface area contributed by atoms with Gasteiger partial charge < -0.3 is 0 Å². The van der Waals surface area contributed by atoms with Gasteiger partial charge in [-0.2, -0.15) is 0 Å². The molecule has 0 N–H and O–H groups in total. The van der Waals surface area contributed by atoms with Crippen LogP contribution in [0.2, 0.25) is 0 Å². The van der Waals surface area contributed by atoms with Gasteiger partial charge in [-0.1, -0.05) is 39.3 Å². The van der Waals surface area contributed by atoms with E-state index in [4.69, 9.17) is 4.98 Å². The lowest BCUT2D eigenvalue weighted by Gasteiger charge is -2.32. The Hall–Kier alpha value is -0.760. The minimum atomic E-state index is 0.451. The SMILES string of the molecule is C/C1=C/C(C(C)C)c2c(C(C)C)cc(C)nc2[C@H](C)S[C@@H]1C. The molecule has 0 amide bonds. The highest BCUT2D eigenvalue weighted by Crippen LogP contribution is 2.45. The van der Waals surface area contributed by atoms with Crippen molar-refractivity contribution in [1.82, 2.24) is 4.98 Å². The van der Waals surface area contributed by atoms with Crippen molar-refractivity contribution in [3.05, 3.63) is 40.2 Å². The van der Waals surface area contributed by atoms with Gasteiger partial charge in [0.25, 0.3) is 0 Å². The second-order valence-electron chi connectivity index (χ2n) is 7.41. The maximum atomic E-state index is 4.98.